The number of hydrogen-bond donors (Lipinski definition) is 0. The van der Waals surface area contributed by atoms with E-state index in [1.165, 1.54) is 43.2 Å². The lowest BCUT2D eigenvalue weighted by Crippen LogP contribution is -1.86. The number of benzene rings is 4. The van der Waals surface area contributed by atoms with Crippen LogP contribution >= 0.6 is 11.3 Å². The van der Waals surface area contributed by atoms with Gasteiger partial charge in [0.05, 0.1) is 0 Å². The summed E-state index contributed by atoms with van der Waals surface area (Å²) in [6.07, 6.45) is 4.57. The minimum Gasteiger partial charge on any atom is -0.135 e. The van der Waals surface area contributed by atoms with E-state index in [2.05, 4.69) is 146 Å². The molecule has 158 valence electrons. The van der Waals surface area contributed by atoms with Crippen LogP contribution in [0.4, 0.5) is 0 Å². The van der Waals surface area contributed by atoms with Crippen LogP contribution in [0.2, 0.25) is 0 Å². The predicted octanol–water partition coefficient (Wildman–Crippen LogP) is 8.93. The van der Waals surface area contributed by atoms with Gasteiger partial charge < -0.3 is 0 Å². The molecular formula is C32H24S. The lowest BCUT2D eigenvalue weighted by Gasteiger charge is -2.08. The van der Waals surface area contributed by atoms with Gasteiger partial charge in [0.25, 0.3) is 0 Å². The topological polar surface area (TPSA) is 0 Å². The van der Waals surface area contributed by atoms with E-state index in [9.17, 15) is 0 Å². The van der Waals surface area contributed by atoms with Gasteiger partial charge in [0.2, 0.25) is 0 Å². The van der Waals surface area contributed by atoms with Crippen LogP contribution in [0.5, 0.6) is 0 Å². The molecule has 1 heteroatoms. The highest BCUT2D eigenvalue weighted by atomic mass is 32.1. The summed E-state index contributed by atoms with van der Waals surface area (Å²) >= 11 is 1.84. The first-order valence-electron chi connectivity index (χ1n) is 11.1. The number of hydrogen-bond acceptors (Lipinski definition) is 1. The van der Waals surface area contributed by atoms with Gasteiger partial charge in [0.1, 0.15) is 0 Å². The summed E-state index contributed by atoms with van der Waals surface area (Å²) in [4.78, 5) is 2.52. The van der Waals surface area contributed by atoms with Crippen molar-refractivity contribution < 1.29 is 0 Å². The first kappa shape index (κ1) is 20.9. The standard InChI is InChI=1S/C32H24S/c1-5-13-25(14-6-1)23-29(27-17-9-3-10-18-27)31-21-22-32(33-31)30(28-19-11-4-12-20-28)24-26-15-7-2-8-16-26/h1-24H/b29-23-,30-24-. The van der Waals surface area contributed by atoms with Gasteiger partial charge >= 0.3 is 0 Å². The average molecular weight is 441 g/mol. The Labute approximate surface area is 199 Å². The maximum Gasteiger partial charge on any atom is 0.0355 e. The van der Waals surface area contributed by atoms with E-state index in [1.54, 1.807) is 0 Å². The molecule has 5 aromatic rings. The van der Waals surface area contributed by atoms with Crippen molar-refractivity contribution in [2.75, 3.05) is 0 Å². The lowest BCUT2D eigenvalue weighted by atomic mass is 10.0. The largest absolute Gasteiger partial charge is 0.135 e. The quantitative estimate of drug-likeness (QED) is 0.231. The van der Waals surface area contributed by atoms with Crippen molar-refractivity contribution in [3.8, 4) is 0 Å². The molecule has 0 saturated carbocycles. The van der Waals surface area contributed by atoms with E-state index >= 15 is 0 Å². The molecule has 1 aromatic heterocycles. The summed E-state index contributed by atoms with van der Waals surface area (Å²) in [6.45, 7) is 0. The molecule has 1 heterocycles. The molecule has 0 N–H and O–H groups in total. The molecule has 0 unspecified atom stereocenters. The van der Waals surface area contributed by atoms with Crippen LogP contribution < -0.4 is 0 Å². The number of rotatable bonds is 6. The molecule has 0 saturated heterocycles. The predicted molar refractivity (Wildman–Crippen MR) is 144 cm³/mol. The molecule has 33 heavy (non-hydrogen) atoms. The van der Waals surface area contributed by atoms with Crippen LogP contribution in [0.1, 0.15) is 32.0 Å². The van der Waals surface area contributed by atoms with Crippen molar-refractivity contribution in [2.24, 2.45) is 0 Å². The van der Waals surface area contributed by atoms with Crippen molar-refractivity contribution in [3.63, 3.8) is 0 Å². The summed E-state index contributed by atoms with van der Waals surface area (Å²) < 4.78 is 0. The molecule has 0 bridgehead atoms. The monoisotopic (exact) mass is 440 g/mol. The van der Waals surface area contributed by atoms with Crippen LogP contribution in [0, 0.1) is 0 Å². The smallest absolute Gasteiger partial charge is 0.0355 e. The van der Waals surface area contributed by atoms with E-state index in [0.29, 0.717) is 0 Å². The third-order valence-electron chi connectivity index (χ3n) is 5.53. The van der Waals surface area contributed by atoms with Crippen LogP contribution in [-0.2, 0) is 0 Å². The number of thiophene rings is 1. The first-order valence-corrected chi connectivity index (χ1v) is 11.9. The fourth-order valence-corrected chi connectivity index (χ4v) is 4.97. The Kier molecular flexibility index (Phi) is 6.42. The third kappa shape index (κ3) is 5.11. The second-order valence-corrected chi connectivity index (χ2v) is 8.92. The maximum atomic E-state index is 2.29. The Hall–Kier alpha value is -3.94. The van der Waals surface area contributed by atoms with Gasteiger partial charge in [-0.05, 0) is 57.7 Å². The van der Waals surface area contributed by atoms with Crippen molar-refractivity contribution in [2.45, 2.75) is 0 Å². The maximum absolute atomic E-state index is 2.29. The van der Waals surface area contributed by atoms with Crippen molar-refractivity contribution >= 4 is 34.6 Å². The zero-order valence-corrected chi connectivity index (χ0v) is 19.1. The summed E-state index contributed by atoms with van der Waals surface area (Å²) in [6, 6.07) is 46.9. The summed E-state index contributed by atoms with van der Waals surface area (Å²) in [5.41, 5.74) is 7.34. The van der Waals surface area contributed by atoms with Crippen LogP contribution in [0.3, 0.4) is 0 Å². The second-order valence-electron chi connectivity index (χ2n) is 7.83. The lowest BCUT2D eigenvalue weighted by molar-refractivity contribution is 1.60. The third-order valence-corrected chi connectivity index (χ3v) is 6.68. The molecule has 5 rings (SSSR count). The van der Waals surface area contributed by atoms with E-state index in [-0.39, 0.29) is 0 Å². The fourth-order valence-electron chi connectivity index (χ4n) is 3.89. The van der Waals surface area contributed by atoms with Gasteiger partial charge in [-0.15, -0.1) is 11.3 Å². The molecular weight excluding hydrogens is 416 g/mol. The highest BCUT2D eigenvalue weighted by Gasteiger charge is 2.13. The van der Waals surface area contributed by atoms with Crippen molar-refractivity contribution in [1.29, 1.82) is 0 Å². The fraction of sp³-hybridized carbons (Fsp3) is 0. The zero-order valence-electron chi connectivity index (χ0n) is 18.3. The Morgan fingerprint density at radius 3 is 1.09 bits per heavy atom. The van der Waals surface area contributed by atoms with Gasteiger partial charge in [-0.2, -0.15) is 0 Å². The molecule has 0 radical (unpaired) electrons. The summed E-state index contributed by atoms with van der Waals surface area (Å²) in [5, 5.41) is 0. The molecule has 0 spiro atoms. The zero-order chi connectivity index (χ0) is 22.3. The van der Waals surface area contributed by atoms with Gasteiger partial charge in [0, 0.05) is 9.75 Å². The van der Waals surface area contributed by atoms with Crippen LogP contribution in [0.25, 0.3) is 23.3 Å². The molecule has 0 amide bonds. The Bertz CT molecular complexity index is 1250. The van der Waals surface area contributed by atoms with Gasteiger partial charge in [-0.25, -0.2) is 0 Å². The molecule has 4 aromatic carbocycles. The van der Waals surface area contributed by atoms with Gasteiger partial charge in [-0.3, -0.25) is 0 Å². The second kappa shape index (κ2) is 10.1. The summed E-state index contributed by atoms with van der Waals surface area (Å²) in [5.74, 6) is 0. The van der Waals surface area contributed by atoms with E-state index in [0.717, 1.165) is 0 Å². The van der Waals surface area contributed by atoms with E-state index in [1.807, 2.05) is 11.3 Å². The summed E-state index contributed by atoms with van der Waals surface area (Å²) in [7, 11) is 0. The van der Waals surface area contributed by atoms with Crippen LogP contribution in [-0.4, -0.2) is 0 Å². The van der Waals surface area contributed by atoms with Crippen molar-refractivity contribution in [3.05, 3.63) is 165 Å². The molecule has 0 aliphatic heterocycles. The SMILES string of the molecule is C(=C(\c1ccccc1)c1ccc(/C(=C\c2ccccc2)c2ccccc2)s1)/c1ccccc1. The molecule has 0 aliphatic carbocycles. The van der Waals surface area contributed by atoms with Crippen molar-refractivity contribution in [1.82, 2.24) is 0 Å². The van der Waals surface area contributed by atoms with Gasteiger partial charge in [-0.1, -0.05) is 121 Å². The van der Waals surface area contributed by atoms with Gasteiger partial charge in [0.15, 0.2) is 0 Å². The minimum absolute atomic E-state index is 1.20. The highest BCUT2D eigenvalue weighted by Crippen LogP contribution is 2.37. The highest BCUT2D eigenvalue weighted by molar-refractivity contribution is 7.14. The van der Waals surface area contributed by atoms with E-state index < -0.39 is 0 Å². The normalized spacial score (nSPS) is 12.0. The Morgan fingerprint density at radius 1 is 0.394 bits per heavy atom. The molecule has 0 nitrogen and oxygen atoms in total. The molecule has 0 atom stereocenters. The molecule has 0 aliphatic rings. The minimum atomic E-state index is 1.20. The average Bonchev–Trinajstić information content (AvgIpc) is 3.38. The molecule has 0 fully saturated rings. The Balaban J connectivity index is 1.62. The Morgan fingerprint density at radius 2 is 0.727 bits per heavy atom. The van der Waals surface area contributed by atoms with E-state index in [4.69, 9.17) is 0 Å². The first-order chi connectivity index (χ1) is 16.4. The van der Waals surface area contributed by atoms with Crippen LogP contribution in [0.15, 0.2) is 133 Å².